The van der Waals surface area contributed by atoms with Gasteiger partial charge in [0, 0.05) is 6.54 Å². The maximum Gasteiger partial charge on any atom is 0.191 e. The highest BCUT2D eigenvalue weighted by molar-refractivity contribution is 5.27. The maximum absolute atomic E-state index is 5.10. The van der Waals surface area contributed by atoms with E-state index in [2.05, 4.69) is 25.9 Å². The lowest BCUT2D eigenvalue weighted by atomic mass is 10.2. The molecule has 0 aliphatic carbocycles. The van der Waals surface area contributed by atoms with Gasteiger partial charge in [-0.25, -0.2) is 0 Å². The van der Waals surface area contributed by atoms with Crippen molar-refractivity contribution in [3.63, 3.8) is 0 Å². The number of benzene rings is 1. The molecule has 0 radical (unpaired) electrons. The van der Waals surface area contributed by atoms with Crippen molar-refractivity contribution in [2.45, 2.75) is 19.5 Å². The fraction of sp³-hybridized carbons (Fsp3) is 0.364. The number of hydrogen-bond acceptors (Lipinski definition) is 5. The summed E-state index contributed by atoms with van der Waals surface area (Å²) in [7, 11) is 1.66. The smallest absolute Gasteiger partial charge is 0.191 e. The number of nitrogens with one attached hydrogen (secondary N) is 2. The second kappa shape index (κ2) is 5.40. The lowest BCUT2D eigenvalue weighted by molar-refractivity contribution is 0.414. The van der Waals surface area contributed by atoms with Crippen LogP contribution in [0.15, 0.2) is 24.3 Å². The van der Waals surface area contributed by atoms with E-state index in [0.29, 0.717) is 5.82 Å². The van der Waals surface area contributed by atoms with Crippen molar-refractivity contribution >= 4 is 0 Å². The Labute approximate surface area is 99.4 Å². The predicted octanol–water partition coefficient (Wildman–Crippen LogP) is 1.06. The minimum Gasteiger partial charge on any atom is -0.497 e. The first kappa shape index (κ1) is 11.5. The summed E-state index contributed by atoms with van der Waals surface area (Å²) in [5.41, 5.74) is 1.18. The highest BCUT2D eigenvalue weighted by atomic mass is 16.5. The van der Waals surface area contributed by atoms with Crippen LogP contribution in [0.25, 0.3) is 0 Å². The summed E-state index contributed by atoms with van der Waals surface area (Å²) in [6, 6.07) is 7.99. The topological polar surface area (TPSA) is 75.7 Å². The van der Waals surface area contributed by atoms with Gasteiger partial charge in [-0.2, -0.15) is 5.21 Å². The number of rotatable bonds is 5. The molecule has 6 nitrogen and oxygen atoms in total. The zero-order valence-electron chi connectivity index (χ0n) is 9.84. The number of nitrogens with zero attached hydrogens (tertiary/aromatic N) is 3. The van der Waals surface area contributed by atoms with Gasteiger partial charge < -0.3 is 10.1 Å². The molecule has 17 heavy (non-hydrogen) atoms. The molecule has 2 N–H and O–H groups in total. The van der Waals surface area contributed by atoms with Crippen molar-refractivity contribution in [3.8, 4) is 5.75 Å². The van der Waals surface area contributed by atoms with Crippen LogP contribution < -0.4 is 10.1 Å². The van der Waals surface area contributed by atoms with Crippen LogP contribution in [-0.4, -0.2) is 27.7 Å². The molecular formula is C11H15N5O. The molecule has 0 aliphatic rings. The summed E-state index contributed by atoms with van der Waals surface area (Å²) in [5.74, 6) is 1.53. The Morgan fingerprint density at radius 1 is 1.35 bits per heavy atom. The van der Waals surface area contributed by atoms with E-state index in [4.69, 9.17) is 4.74 Å². The van der Waals surface area contributed by atoms with E-state index in [0.717, 1.165) is 12.3 Å². The Balaban J connectivity index is 1.89. The van der Waals surface area contributed by atoms with Crippen LogP contribution in [0, 0.1) is 0 Å². The van der Waals surface area contributed by atoms with Crippen molar-refractivity contribution in [1.82, 2.24) is 25.9 Å². The van der Waals surface area contributed by atoms with E-state index < -0.39 is 0 Å². The first-order valence-electron chi connectivity index (χ1n) is 5.39. The van der Waals surface area contributed by atoms with Crippen LogP contribution in [0.4, 0.5) is 0 Å². The fourth-order valence-corrected chi connectivity index (χ4v) is 1.46. The van der Waals surface area contributed by atoms with Crippen molar-refractivity contribution in [1.29, 1.82) is 0 Å². The molecular weight excluding hydrogens is 218 g/mol. The molecule has 1 aromatic heterocycles. The highest BCUT2D eigenvalue weighted by Crippen LogP contribution is 2.12. The van der Waals surface area contributed by atoms with E-state index in [1.165, 1.54) is 5.56 Å². The Morgan fingerprint density at radius 3 is 2.71 bits per heavy atom. The minimum absolute atomic E-state index is 0.0656. The molecule has 0 aliphatic heterocycles. The first-order chi connectivity index (χ1) is 8.29. The predicted molar refractivity (Wildman–Crippen MR) is 62.4 cm³/mol. The van der Waals surface area contributed by atoms with Gasteiger partial charge in [0.2, 0.25) is 0 Å². The molecule has 2 aromatic rings. The largest absolute Gasteiger partial charge is 0.497 e. The van der Waals surface area contributed by atoms with Gasteiger partial charge in [-0.3, -0.25) is 0 Å². The monoisotopic (exact) mass is 233 g/mol. The molecule has 1 aromatic carbocycles. The number of tetrazole rings is 1. The third-order valence-electron chi connectivity index (χ3n) is 2.52. The van der Waals surface area contributed by atoms with E-state index in [1.54, 1.807) is 7.11 Å². The number of methoxy groups -OCH3 is 1. The van der Waals surface area contributed by atoms with Gasteiger partial charge >= 0.3 is 0 Å². The van der Waals surface area contributed by atoms with Crippen LogP contribution in [0.1, 0.15) is 24.4 Å². The molecule has 2 rings (SSSR count). The Morgan fingerprint density at radius 2 is 2.12 bits per heavy atom. The Kier molecular flexibility index (Phi) is 3.66. The van der Waals surface area contributed by atoms with Crippen LogP contribution in [-0.2, 0) is 6.54 Å². The number of aromatic amines is 1. The third-order valence-corrected chi connectivity index (χ3v) is 2.52. The fourth-order valence-electron chi connectivity index (χ4n) is 1.46. The first-order valence-corrected chi connectivity index (χ1v) is 5.39. The lowest BCUT2D eigenvalue weighted by Gasteiger charge is -2.10. The van der Waals surface area contributed by atoms with Gasteiger partial charge in [0.05, 0.1) is 13.2 Å². The van der Waals surface area contributed by atoms with Crippen LogP contribution >= 0.6 is 0 Å². The zero-order valence-corrected chi connectivity index (χ0v) is 9.84. The van der Waals surface area contributed by atoms with Gasteiger partial charge in [-0.1, -0.05) is 17.3 Å². The molecule has 0 bridgehead atoms. The molecule has 0 saturated heterocycles. The Bertz CT molecular complexity index is 439. The quantitative estimate of drug-likeness (QED) is 0.807. The number of hydrogen-bond donors (Lipinski definition) is 2. The zero-order chi connectivity index (χ0) is 12.1. The third kappa shape index (κ3) is 3.01. The SMILES string of the molecule is COc1ccc(CNC(C)c2nn[nH]n2)cc1. The summed E-state index contributed by atoms with van der Waals surface area (Å²) in [6.07, 6.45) is 0. The van der Waals surface area contributed by atoms with Crippen molar-refractivity contribution < 1.29 is 4.74 Å². The van der Waals surface area contributed by atoms with Crippen molar-refractivity contribution in [2.75, 3.05) is 7.11 Å². The van der Waals surface area contributed by atoms with E-state index in [-0.39, 0.29) is 6.04 Å². The summed E-state index contributed by atoms with van der Waals surface area (Å²) < 4.78 is 5.10. The van der Waals surface area contributed by atoms with E-state index >= 15 is 0 Å². The standard InChI is InChI=1S/C11H15N5O/c1-8(11-13-15-16-14-11)12-7-9-3-5-10(17-2)6-4-9/h3-6,8,12H,7H2,1-2H3,(H,13,14,15,16). The number of H-pyrrole nitrogens is 1. The minimum atomic E-state index is 0.0656. The maximum atomic E-state index is 5.10. The average Bonchev–Trinajstić information content (AvgIpc) is 2.90. The summed E-state index contributed by atoms with van der Waals surface area (Å²) in [6.45, 7) is 2.74. The van der Waals surface area contributed by atoms with Crippen LogP contribution in [0.2, 0.25) is 0 Å². The molecule has 0 amide bonds. The second-order valence-corrected chi connectivity index (χ2v) is 3.72. The van der Waals surface area contributed by atoms with Crippen LogP contribution in [0.3, 0.4) is 0 Å². The summed E-state index contributed by atoms with van der Waals surface area (Å²) in [4.78, 5) is 0. The van der Waals surface area contributed by atoms with Crippen LogP contribution in [0.5, 0.6) is 5.75 Å². The normalized spacial score (nSPS) is 12.4. The van der Waals surface area contributed by atoms with E-state index in [1.807, 2.05) is 31.2 Å². The van der Waals surface area contributed by atoms with Gasteiger partial charge in [0.25, 0.3) is 0 Å². The second-order valence-electron chi connectivity index (χ2n) is 3.72. The summed E-state index contributed by atoms with van der Waals surface area (Å²) >= 11 is 0. The van der Waals surface area contributed by atoms with Crippen molar-refractivity contribution in [2.24, 2.45) is 0 Å². The van der Waals surface area contributed by atoms with Crippen molar-refractivity contribution in [3.05, 3.63) is 35.7 Å². The molecule has 1 atom stereocenters. The Hall–Kier alpha value is -1.95. The molecule has 0 spiro atoms. The average molecular weight is 233 g/mol. The lowest BCUT2D eigenvalue weighted by Crippen LogP contribution is -2.19. The van der Waals surface area contributed by atoms with Gasteiger partial charge in [0.15, 0.2) is 5.82 Å². The number of ether oxygens (including phenoxy) is 1. The molecule has 90 valence electrons. The molecule has 0 fully saturated rings. The molecule has 6 heteroatoms. The van der Waals surface area contributed by atoms with Gasteiger partial charge in [0.1, 0.15) is 5.75 Å². The van der Waals surface area contributed by atoms with Gasteiger partial charge in [-0.15, -0.1) is 10.2 Å². The highest BCUT2D eigenvalue weighted by Gasteiger charge is 2.08. The molecule has 1 heterocycles. The molecule has 0 saturated carbocycles. The number of aromatic nitrogens is 4. The molecule has 1 unspecified atom stereocenters. The van der Waals surface area contributed by atoms with E-state index in [9.17, 15) is 0 Å². The summed E-state index contributed by atoms with van der Waals surface area (Å²) in [5, 5.41) is 17.1. The van der Waals surface area contributed by atoms with Gasteiger partial charge in [-0.05, 0) is 24.6 Å².